The molecular formula is C23H41N3O4. The van der Waals surface area contributed by atoms with Crippen molar-refractivity contribution >= 4 is 17.8 Å². The SMILES string of the molecule is CCC(C)[C@@H](C=C(C)C(=O)O)N(C)C(=O)[C@@H](NC(=O)C1CCCCN1C)C(C)(C)C. The number of amides is 2. The molecule has 7 nitrogen and oxygen atoms in total. The van der Waals surface area contributed by atoms with Crippen LogP contribution in [0.3, 0.4) is 0 Å². The lowest BCUT2D eigenvalue weighted by Crippen LogP contribution is -2.59. The molecule has 2 amide bonds. The van der Waals surface area contributed by atoms with Crippen molar-refractivity contribution in [2.24, 2.45) is 11.3 Å². The number of piperidine rings is 1. The summed E-state index contributed by atoms with van der Waals surface area (Å²) < 4.78 is 0. The highest BCUT2D eigenvalue weighted by Crippen LogP contribution is 2.25. The maximum atomic E-state index is 13.5. The molecule has 0 aromatic heterocycles. The zero-order valence-corrected chi connectivity index (χ0v) is 20.0. The zero-order chi connectivity index (χ0) is 23.2. The van der Waals surface area contributed by atoms with E-state index in [1.54, 1.807) is 18.0 Å². The lowest BCUT2D eigenvalue weighted by Gasteiger charge is -2.39. The van der Waals surface area contributed by atoms with Gasteiger partial charge in [-0.15, -0.1) is 0 Å². The molecule has 0 radical (unpaired) electrons. The maximum absolute atomic E-state index is 13.5. The smallest absolute Gasteiger partial charge is 0.331 e. The summed E-state index contributed by atoms with van der Waals surface area (Å²) >= 11 is 0. The Labute approximate surface area is 181 Å². The normalized spacial score (nSPS) is 21.5. The summed E-state index contributed by atoms with van der Waals surface area (Å²) in [5.41, 5.74) is -0.278. The molecule has 2 unspecified atom stereocenters. The third-order valence-corrected chi connectivity index (χ3v) is 6.25. The van der Waals surface area contributed by atoms with Gasteiger partial charge in [0.05, 0.1) is 12.1 Å². The quantitative estimate of drug-likeness (QED) is 0.586. The van der Waals surface area contributed by atoms with Crippen molar-refractivity contribution in [3.8, 4) is 0 Å². The fourth-order valence-electron chi connectivity index (χ4n) is 3.87. The molecule has 1 aliphatic rings. The molecule has 30 heavy (non-hydrogen) atoms. The van der Waals surface area contributed by atoms with E-state index >= 15 is 0 Å². The first kappa shape index (κ1) is 26.1. The van der Waals surface area contributed by atoms with Gasteiger partial charge in [-0.05, 0) is 44.7 Å². The first-order valence-electron chi connectivity index (χ1n) is 11.0. The topological polar surface area (TPSA) is 90.0 Å². The Hall–Kier alpha value is -1.89. The number of carbonyl (C=O) groups is 3. The summed E-state index contributed by atoms with van der Waals surface area (Å²) in [6.45, 7) is 12.2. The first-order valence-corrected chi connectivity index (χ1v) is 11.0. The van der Waals surface area contributed by atoms with Gasteiger partial charge in [0.1, 0.15) is 6.04 Å². The summed E-state index contributed by atoms with van der Waals surface area (Å²) in [5, 5.41) is 12.3. The van der Waals surface area contributed by atoms with E-state index in [0.29, 0.717) is 0 Å². The highest BCUT2D eigenvalue weighted by atomic mass is 16.4. The van der Waals surface area contributed by atoms with E-state index in [1.807, 2.05) is 46.6 Å². The van der Waals surface area contributed by atoms with Crippen molar-refractivity contribution in [1.82, 2.24) is 15.1 Å². The lowest BCUT2D eigenvalue weighted by atomic mass is 9.84. The molecule has 1 saturated heterocycles. The molecule has 1 aliphatic heterocycles. The largest absolute Gasteiger partial charge is 0.478 e. The van der Waals surface area contributed by atoms with E-state index in [4.69, 9.17) is 0 Å². The van der Waals surface area contributed by atoms with E-state index in [-0.39, 0.29) is 35.4 Å². The third kappa shape index (κ3) is 6.83. The van der Waals surface area contributed by atoms with Crippen LogP contribution in [0.5, 0.6) is 0 Å². The van der Waals surface area contributed by atoms with Gasteiger partial charge in [0, 0.05) is 12.6 Å². The number of hydrogen-bond donors (Lipinski definition) is 2. The summed E-state index contributed by atoms with van der Waals surface area (Å²) in [6.07, 6.45) is 5.32. The lowest BCUT2D eigenvalue weighted by molar-refractivity contribution is -0.141. The molecule has 172 valence electrons. The van der Waals surface area contributed by atoms with Crippen molar-refractivity contribution in [3.63, 3.8) is 0 Å². The van der Waals surface area contributed by atoms with Crippen LogP contribution >= 0.6 is 0 Å². The number of likely N-dealkylation sites (tertiary alicyclic amines) is 1. The number of rotatable bonds is 8. The molecular weight excluding hydrogens is 382 g/mol. The molecule has 1 heterocycles. The van der Waals surface area contributed by atoms with Crippen LogP contribution < -0.4 is 5.32 Å². The number of carbonyl (C=O) groups excluding carboxylic acids is 2. The summed E-state index contributed by atoms with van der Waals surface area (Å²) in [4.78, 5) is 41.5. The van der Waals surface area contributed by atoms with Crippen LogP contribution in [-0.2, 0) is 14.4 Å². The zero-order valence-electron chi connectivity index (χ0n) is 20.0. The average Bonchev–Trinajstić information content (AvgIpc) is 2.67. The molecule has 0 aliphatic carbocycles. The Kier molecular flexibility index (Phi) is 9.53. The summed E-state index contributed by atoms with van der Waals surface area (Å²) in [7, 11) is 3.64. The van der Waals surface area contributed by atoms with Crippen LogP contribution in [0.2, 0.25) is 0 Å². The Morgan fingerprint density at radius 2 is 1.87 bits per heavy atom. The highest BCUT2D eigenvalue weighted by molar-refractivity contribution is 5.91. The van der Waals surface area contributed by atoms with E-state index in [0.717, 1.165) is 32.2 Å². The Morgan fingerprint density at radius 3 is 2.33 bits per heavy atom. The number of carboxylic acid groups (broad SMARTS) is 1. The van der Waals surface area contributed by atoms with Gasteiger partial charge < -0.3 is 15.3 Å². The minimum Gasteiger partial charge on any atom is -0.478 e. The standard InChI is InChI=1S/C23H41N3O4/c1-9-15(2)18(14-16(3)22(29)30)26(8)21(28)19(23(4,5)6)24-20(27)17-12-10-11-13-25(17)7/h14-15,17-19H,9-13H2,1-8H3,(H,24,27)(H,29,30)/t15?,17?,18-,19-/m1/s1. The molecule has 1 rings (SSSR count). The van der Waals surface area contributed by atoms with E-state index in [9.17, 15) is 19.5 Å². The number of likely N-dealkylation sites (N-methyl/N-ethyl adjacent to an activating group) is 2. The second-order valence-corrected chi connectivity index (χ2v) is 9.78. The van der Waals surface area contributed by atoms with Gasteiger partial charge in [0.15, 0.2) is 0 Å². The van der Waals surface area contributed by atoms with E-state index in [1.165, 1.54) is 6.92 Å². The number of hydrogen-bond acceptors (Lipinski definition) is 4. The summed E-state index contributed by atoms with van der Waals surface area (Å²) in [5.74, 6) is -1.23. The molecule has 2 N–H and O–H groups in total. The molecule has 7 heteroatoms. The highest BCUT2D eigenvalue weighted by Gasteiger charge is 2.39. The van der Waals surface area contributed by atoms with Gasteiger partial charge in [0.25, 0.3) is 0 Å². The number of aliphatic carboxylic acids is 1. The molecule has 0 aromatic carbocycles. The van der Waals surface area contributed by atoms with Crippen molar-refractivity contribution in [2.45, 2.75) is 85.4 Å². The van der Waals surface area contributed by atoms with Crippen LogP contribution in [0, 0.1) is 11.3 Å². The van der Waals surface area contributed by atoms with Crippen molar-refractivity contribution in [3.05, 3.63) is 11.6 Å². The Balaban J connectivity index is 3.14. The van der Waals surface area contributed by atoms with Crippen LogP contribution in [-0.4, -0.2) is 71.5 Å². The minimum atomic E-state index is -0.995. The Bertz CT molecular complexity index is 653. The maximum Gasteiger partial charge on any atom is 0.331 e. The second-order valence-electron chi connectivity index (χ2n) is 9.78. The van der Waals surface area contributed by atoms with Crippen LogP contribution in [0.15, 0.2) is 11.6 Å². The fraction of sp³-hybridized carbons (Fsp3) is 0.783. The van der Waals surface area contributed by atoms with E-state index < -0.39 is 17.4 Å². The van der Waals surface area contributed by atoms with Gasteiger partial charge in [-0.2, -0.15) is 0 Å². The van der Waals surface area contributed by atoms with Crippen LogP contribution in [0.4, 0.5) is 0 Å². The van der Waals surface area contributed by atoms with Gasteiger partial charge in [0.2, 0.25) is 11.8 Å². The molecule has 4 atom stereocenters. The minimum absolute atomic E-state index is 0.0778. The molecule has 0 aromatic rings. The van der Waals surface area contributed by atoms with Gasteiger partial charge in [-0.25, -0.2) is 4.79 Å². The van der Waals surface area contributed by atoms with Crippen molar-refractivity contribution in [2.75, 3.05) is 20.6 Å². The van der Waals surface area contributed by atoms with Gasteiger partial charge in [-0.1, -0.05) is 53.5 Å². The van der Waals surface area contributed by atoms with Crippen molar-refractivity contribution < 1.29 is 19.5 Å². The predicted molar refractivity (Wildman–Crippen MR) is 119 cm³/mol. The number of nitrogens with zero attached hydrogens (tertiary/aromatic N) is 2. The van der Waals surface area contributed by atoms with Crippen molar-refractivity contribution in [1.29, 1.82) is 0 Å². The van der Waals surface area contributed by atoms with E-state index in [2.05, 4.69) is 5.32 Å². The second kappa shape index (κ2) is 10.9. The molecule has 0 saturated carbocycles. The average molecular weight is 424 g/mol. The molecule has 0 spiro atoms. The monoisotopic (exact) mass is 423 g/mol. The third-order valence-electron chi connectivity index (χ3n) is 6.25. The molecule has 1 fully saturated rings. The Morgan fingerprint density at radius 1 is 1.27 bits per heavy atom. The van der Waals surface area contributed by atoms with Gasteiger partial charge in [-0.3, -0.25) is 14.5 Å². The van der Waals surface area contributed by atoms with Crippen LogP contribution in [0.25, 0.3) is 0 Å². The first-order chi connectivity index (χ1) is 13.8. The summed E-state index contributed by atoms with van der Waals surface area (Å²) in [6, 6.07) is -1.28. The fourth-order valence-corrected chi connectivity index (χ4v) is 3.87. The number of carboxylic acids is 1. The number of nitrogens with one attached hydrogen (secondary N) is 1. The van der Waals surface area contributed by atoms with Crippen LogP contribution in [0.1, 0.15) is 67.2 Å². The van der Waals surface area contributed by atoms with Gasteiger partial charge >= 0.3 is 5.97 Å². The predicted octanol–water partition coefficient (Wildman–Crippen LogP) is 2.91. The molecule has 0 bridgehead atoms.